The summed E-state index contributed by atoms with van der Waals surface area (Å²) in [7, 11) is 0. The Morgan fingerprint density at radius 1 is 1.09 bits per heavy atom. The summed E-state index contributed by atoms with van der Waals surface area (Å²) in [5.41, 5.74) is 1.51. The number of piperidine rings is 1. The third-order valence-corrected chi connectivity index (χ3v) is 5.95. The molecule has 22 heavy (non-hydrogen) atoms. The van der Waals surface area contributed by atoms with Crippen LogP contribution in [-0.2, 0) is 6.54 Å². The highest BCUT2D eigenvalue weighted by atomic mass is 35.5. The van der Waals surface area contributed by atoms with Crippen molar-refractivity contribution in [2.75, 3.05) is 19.6 Å². The highest BCUT2D eigenvalue weighted by Crippen LogP contribution is 2.29. The quantitative estimate of drug-likeness (QED) is 0.876. The lowest BCUT2D eigenvalue weighted by molar-refractivity contribution is 0.191. The Bertz CT molecular complexity index is 600. The lowest BCUT2D eigenvalue weighted by Gasteiger charge is -2.32. The van der Waals surface area contributed by atoms with Crippen molar-refractivity contribution in [2.24, 2.45) is 5.92 Å². The maximum absolute atomic E-state index is 3.77. The second-order valence-electron chi connectivity index (χ2n) is 6.66. The fraction of sp³-hybridized carbons (Fsp3) is 0.556. The van der Waals surface area contributed by atoms with Crippen LogP contribution < -0.4 is 5.32 Å². The van der Waals surface area contributed by atoms with E-state index < -0.39 is 0 Å². The average molecular weight is 337 g/mol. The Kier molecular flexibility index (Phi) is 5.40. The van der Waals surface area contributed by atoms with Gasteiger partial charge in [0, 0.05) is 17.3 Å². The number of nitrogens with zero attached hydrogens (tertiary/aromatic N) is 1. The molecule has 1 saturated heterocycles. The molecule has 1 aliphatic heterocycles. The van der Waals surface area contributed by atoms with Crippen molar-refractivity contribution in [3.05, 3.63) is 35.2 Å². The van der Waals surface area contributed by atoms with Gasteiger partial charge in [0.05, 0.1) is 0 Å². The molecule has 2 fully saturated rings. The van der Waals surface area contributed by atoms with Gasteiger partial charge < -0.3 is 5.32 Å². The number of fused-ring (bicyclic) bond motifs is 1. The Balaban J connectivity index is 0.00000144. The van der Waals surface area contributed by atoms with Crippen molar-refractivity contribution in [3.63, 3.8) is 0 Å². The topological polar surface area (TPSA) is 15.3 Å². The molecule has 4 rings (SSSR count). The highest BCUT2D eigenvalue weighted by molar-refractivity contribution is 7.17. The smallest absolute Gasteiger partial charge is 0.0346 e. The number of hydrogen-bond donors (Lipinski definition) is 1. The van der Waals surface area contributed by atoms with Crippen LogP contribution in [0.25, 0.3) is 10.1 Å². The van der Waals surface area contributed by atoms with Gasteiger partial charge in [0.15, 0.2) is 0 Å². The van der Waals surface area contributed by atoms with E-state index in [-0.39, 0.29) is 12.4 Å². The zero-order chi connectivity index (χ0) is 14.1. The SMILES string of the molecule is Cl.c1ccc2c(CN3CCC(NCC4CC4)CC3)csc2c1. The fourth-order valence-corrected chi connectivity index (χ4v) is 4.30. The van der Waals surface area contributed by atoms with Crippen LogP contribution in [0.3, 0.4) is 0 Å². The van der Waals surface area contributed by atoms with Gasteiger partial charge in [-0.15, -0.1) is 23.7 Å². The van der Waals surface area contributed by atoms with E-state index in [0.29, 0.717) is 0 Å². The molecule has 1 saturated carbocycles. The molecule has 1 aromatic heterocycles. The van der Waals surface area contributed by atoms with Crippen LogP contribution in [0.5, 0.6) is 0 Å². The molecule has 2 aliphatic rings. The Hall–Kier alpha value is -0.610. The fourth-order valence-electron chi connectivity index (χ4n) is 3.35. The minimum absolute atomic E-state index is 0. The first kappa shape index (κ1) is 16.3. The van der Waals surface area contributed by atoms with Crippen molar-refractivity contribution in [1.82, 2.24) is 10.2 Å². The Morgan fingerprint density at radius 3 is 2.64 bits per heavy atom. The van der Waals surface area contributed by atoms with E-state index >= 15 is 0 Å². The van der Waals surface area contributed by atoms with Gasteiger partial charge in [0.25, 0.3) is 0 Å². The number of hydrogen-bond acceptors (Lipinski definition) is 3. The molecule has 2 aromatic rings. The Labute approximate surface area is 143 Å². The minimum Gasteiger partial charge on any atom is -0.314 e. The molecule has 0 bridgehead atoms. The van der Waals surface area contributed by atoms with Crippen molar-refractivity contribution in [3.8, 4) is 0 Å². The zero-order valence-electron chi connectivity index (χ0n) is 13.0. The maximum atomic E-state index is 3.77. The molecule has 0 atom stereocenters. The van der Waals surface area contributed by atoms with E-state index in [2.05, 4.69) is 39.9 Å². The number of rotatable bonds is 5. The third kappa shape index (κ3) is 3.83. The molecule has 0 spiro atoms. The summed E-state index contributed by atoms with van der Waals surface area (Å²) in [6.07, 6.45) is 5.54. The molecule has 0 unspecified atom stereocenters. The van der Waals surface area contributed by atoms with Crippen molar-refractivity contribution >= 4 is 33.8 Å². The van der Waals surface area contributed by atoms with E-state index in [0.717, 1.165) is 18.5 Å². The first-order valence-corrected chi connectivity index (χ1v) is 9.17. The van der Waals surface area contributed by atoms with Crippen LogP contribution in [-0.4, -0.2) is 30.6 Å². The van der Waals surface area contributed by atoms with Crippen LogP contribution in [0.15, 0.2) is 29.6 Å². The number of nitrogens with one attached hydrogen (secondary N) is 1. The van der Waals surface area contributed by atoms with Crippen molar-refractivity contribution in [1.29, 1.82) is 0 Å². The monoisotopic (exact) mass is 336 g/mol. The average Bonchev–Trinajstić information content (AvgIpc) is 3.28. The van der Waals surface area contributed by atoms with E-state index in [4.69, 9.17) is 0 Å². The van der Waals surface area contributed by atoms with Gasteiger partial charge in [-0.25, -0.2) is 0 Å². The summed E-state index contributed by atoms with van der Waals surface area (Å²) in [6, 6.07) is 9.57. The summed E-state index contributed by atoms with van der Waals surface area (Å²) in [5.74, 6) is 1.00. The van der Waals surface area contributed by atoms with E-state index in [9.17, 15) is 0 Å². The summed E-state index contributed by atoms with van der Waals surface area (Å²) in [4.78, 5) is 2.63. The van der Waals surface area contributed by atoms with Crippen LogP contribution in [0.2, 0.25) is 0 Å². The minimum atomic E-state index is 0. The summed E-state index contributed by atoms with van der Waals surface area (Å²) < 4.78 is 1.42. The van der Waals surface area contributed by atoms with Gasteiger partial charge in [-0.2, -0.15) is 0 Å². The first-order valence-electron chi connectivity index (χ1n) is 8.29. The molecule has 1 aliphatic carbocycles. The predicted molar refractivity (Wildman–Crippen MR) is 98.1 cm³/mol. The molecule has 1 N–H and O–H groups in total. The van der Waals surface area contributed by atoms with Gasteiger partial charge in [-0.1, -0.05) is 18.2 Å². The normalized spacial score (nSPS) is 20.2. The second kappa shape index (κ2) is 7.31. The van der Waals surface area contributed by atoms with Crippen molar-refractivity contribution in [2.45, 2.75) is 38.3 Å². The van der Waals surface area contributed by atoms with Crippen molar-refractivity contribution < 1.29 is 0 Å². The molecule has 4 heteroatoms. The van der Waals surface area contributed by atoms with Gasteiger partial charge in [-0.3, -0.25) is 4.90 Å². The van der Waals surface area contributed by atoms with Crippen LogP contribution in [0.1, 0.15) is 31.2 Å². The number of likely N-dealkylation sites (tertiary alicyclic amines) is 1. The standard InChI is InChI=1S/C18H24N2S.ClH/c1-2-4-18-17(3-1)15(13-21-18)12-20-9-7-16(8-10-20)19-11-14-5-6-14;/h1-4,13-14,16,19H,5-12H2;1H. The molecule has 1 aromatic carbocycles. The third-order valence-electron chi connectivity index (χ3n) is 4.93. The second-order valence-corrected chi connectivity index (χ2v) is 7.57. The van der Waals surface area contributed by atoms with Gasteiger partial charge in [-0.05, 0) is 73.6 Å². The van der Waals surface area contributed by atoms with Gasteiger partial charge >= 0.3 is 0 Å². The predicted octanol–water partition coefficient (Wildman–Crippen LogP) is 4.29. The molecule has 0 radical (unpaired) electrons. The van der Waals surface area contributed by atoms with E-state index in [1.54, 1.807) is 0 Å². The number of thiophene rings is 1. The number of halogens is 1. The molecule has 120 valence electrons. The van der Waals surface area contributed by atoms with E-state index in [1.807, 2.05) is 11.3 Å². The largest absolute Gasteiger partial charge is 0.314 e. The van der Waals surface area contributed by atoms with E-state index in [1.165, 1.54) is 61.0 Å². The molecule has 2 nitrogen and oxygen atoms in total. The van der Waals surface area contributed by atoms with Crippen LogP contribution in [0.4, 0.5) is 0 Å². The lowest BCUT2D eigenvalue weighted by atomic mass is 10.0. The first-order chi connectivity index (χ1) is 10.4. The zero-order valence-corrected chi connectivity index (χ0v) is 14.6. The summed E-state index contributed by atoms with van der Waals surface area (Å²) in [5, 5.41) is 7.57. The molecule has 2 heterocycles. The molecular weight excluding hydrogens is 312 g/mol. The van der Waals surface area contributed by atoms with Gasteiger partial charge in [0.1, 0.15) is 0 Å². The Morgan fingerprint density at radius 2 is 1.86 bits per heavy atom. The summed E-state index contributed by atoms with van der Waals surface area (Å²) in [6.45, 7) is 4.87. The lowest BCUT2D eigenvalue weighted by Crippen LogP contribution is -2.42. The van der Waals surface area contributed by atoms with Crippen LogP contribution in [0, 0.1) is 5.92 Å². The summed E-state index contributed by atoms with van der Waals surface area (Å²) >= 11 is 1.88. The molecule has 0 amide bonds. The molecular formula is C18H25ClN2S. The highest BCUT2D eigenvalue weighted by Gasteiger charge is 2.24. The number of benzene rings is 1. The van der Waals surface area contributed by atoms with Gasteiger partial charge in [0.2, 0.25) is 0 Å². The maximum Gasteiger partial charge on any atom is 0.0346 e. The van der Waals surface area contributed by atoms with Crippen LogP contribution >= 0.6 is 23.7 Å².